The molecule has 2 nitrogen and oxygen atoms in total. The number of hydrogen-bond donors (Lipinski definition) is 1. The van der Waals surface area contributed by atoms with E-state index in [1.165, 1.54) is 18.2 Å². The van der Waals surface area contributed by atoms with E-state index in [0.717, 1.165) is 32.5 Å². The molecule has 0 saturated carbocycles. The number of hydrogen-bond acceptors (Lipinski definition) is 2. The summed E-state index contributed by atoms with van der Waals surface area (Å²) < 4.78 is 27.0. The van der Waals surface area contributed by atoms with Gasteiger partial charge in [0, 0.05) is 24.7 Å². The van der Waals surface area contributed by atoms with Crippen LogP contribution in [-0.4, -0.2) is 30.6 Å². The van der Waals surface area contributed by atoms with E-state index in [0.29, 0.717) is 24.1 Å². The number of nitrogens with zero attached hydrogens (tertiary/aromatic N) is 1. The highest BCUT2D eigenvalue weighted by Crippen LogP contribution is 2.17. The first-order valence-electron chi connectivity index (χ1n) is 7.49. The summed E-state index contributed by atoms with van der Waals surface area (Å²) in [5.41, 5.74) is 0.454. The van der Waals surface area contributed by atoms with Crippen LogP contribution in [-0.2, 0) is 6.54 Å². The number of rotatable bonds is 4. The Bertz CT molecular complexity index is 436. The van der Waals surface area contributed by atoms with Crippen LogP contribution < -0.4 is 5.32 Å². The van der Waals surface area contributed by atoms with Crippen LogP contribution in [0.25, 0.3) is 0 Å². The minimum Gasteiger partial charge on any atom is -0.312 e. The zero-order valence-electron chi connectivity index (χ0n) is 12.3. The van der Waals surface area contributed by atoms with E-state index >= 15 is 0 Å². The Hall–Kier alpha value is -1.00. The maximum atomic E-state index is 13.7. The summed E-state index contributed by atoms with van der Waals surface area (Å²) in [6.45, 7) is 7.73. The van der Waals surface area contributed by atoms with Gasteiger partial charge in [-0.2, -0.15) is 0 Å². The van der Waals surface area contributed by atoms with E-state index in [4.69, 9.17) is 0 Å². The predicted octanol–water partition coefficient (Wildman–Crippen LogP) is 3.17. The molecule has 1 aliphatic heterocycles. The first-order chi connectivity index (χ1) is 9.60. The molecule has 0 radical (unpaired) electrons. The van der Waals surface area contributed by atoms with Crippen molar-refractivity contribution in [2.45, 2.75) is 39.3 Å². The van der Waals surface area contributed by atoms with Crippen LogP contribution in [0, 0.1) is 17.6 Å². The molecular weight excluding hydrogens is 258 g/mol. The average Bonchev–Trinajstić information content (AvgIpc) is 2.67. The zero-order valence-corrected chi connectivity index (χ0v) is 12.3. The van der Waals surface area contributed by atoms with Crippen LogP contribution in [0.5, 0.6) is 0 Å². The molecule has 1 saturated heterocycles. The molecule has 0 aromatic heterocycles. The van der Waals surface area contributed by atoms with Crippen molar-refractivity contribution in [1.82, 2.24) is 10.2 Å². The third-order valence-electron chi connectivity index (χ3n) is 4.25. The van der Waals surface area contributed by atoms with Gasteiger partial charge in [-0.1, -0.05) is 20.3 Å². The van der Waals surface area contributed by atoms with Crippen molar-refractivity contribution in [3.8, 4) is 0 Å². The van der Waals surface area contributed by atoms with Crippen molar-refractivity contribution in [2.75, 3.05) is 19.6 Å². The minimum absolute atomic E-state index is 0.316. The lowest BCUT2D eigenvalue weighted by Crippen LogP contribution is -2.41. The van der Waals surface area contributed by atoms with E-state index in [1.807, 2.05) is 0 Å². The lowest BCUT2D eigenvalue weighted by molar-refractivity contribution is 0.228. The summed E-state index contributed by atoms with van der Waals surface area (Å²) in [5.74, 6) is -0.0931. The van der Waals surface area contributed by atoms with Gasteiger partial charge in [-0.05, 0) is 43.6 Å². The third kappa shape index (κ3) is 4.00. The highest BCUT2D eigenvalue weighted by atomic mass is 19.1. The average molecular weight is 282 g/mol. The lowest BCUT2D eigenvalue weighted by atomic mass is 9.99. The van der Waals surface area contributed by atoms with Crippen molar-refractivity contribution in [3.63, 3.8) is 0 Å². The second-order valence-electron chi connectivity index (χ2n) is 5.77. The van der Waals surface area contributed by atoms with Crippen molar-refractivity contribution in [2.24, 2.45) is 5.92 Å². The molecule has 0 bridgehead atoms. The fraction of sp³-hybridized carbons (Fsp3) is 0.625. The summed E-state index contributed by atoms with van der Waals surface area (Å²) in [5, 5.41) is 3.56. The molecule has 2 unspecified atom stereocenters. The maximum absolute atomic E-state index is 13.7. The largest absolute Gasteiger partial charge is 0.312 e. The normalized spacial score (nSPS) is 22.5. The Morgan fingerprint density at radius 1 is 1.40 bits per heavy atom. The Labute approximate surface area is 120 Å². The van der Waals surface area contributed by atoms with Crippen molar-refractivity contribution >= 4 is 0 Å². The van der Waals surface area contributed by atoms with Crippen LogP contribution in [0.3, 0.4) is 0 Å². The molecule has 20 heavy (non-hydrogen) atoms. The highest BCUT2D eigenvalue weighted by Gasteiger charge is 2.22. The Morgan fingerprint density at radius 2 is 2.20 bits per heavy atom. The molecule has 1 aliphatic rings. The minimum atomic E-state index is -0.368. The highest BCUT2D eigenvalue weighted by molar-refractivity contribution is 5.18. The topological polar surface area (TPSA) is 15.3 Å². The summed E-state index contributed by atoms with van der Waals surface area (Å²) in [6, 6.07) is 4.13. The molecule has 0 aliphatic carbocycles. The first kappa shape index (κ1) is 15.4. The summed E-state index contributed by atoms with van der Waals surface area (Å²) in [6.07, 6.45) is 2.17. The standard InChI is InChI=1S/C16H24F2N2/c1-3-12(2)16-11-20(8-4-7-19-16)10-13-9-14(17)5-6-15(13)18/h5-6,9,12,16,19H,3-4,7-8,10-11H2,1-2H3. The van der Waals surface area contributed by atoms with Gasteiger partial charge >= 0.3 is 0 Å². The fourth-order valence-corrected chi connectivity index (χ4v) is 2.74. The number of benzene rings is 1. The molecule has 1 N–H and O–H groups in total. The molecule has 4 heteroatoms. The summed E-state index contributed by atoms with van der Waals surface area (Å²) >= 11 is 0. The SMILES string of the molecule is CCC(C)C1CN(Cc2cc(F)ccc2F)CCCN1. The lowest BCUT2D eigenvalue weighted by Gasteiger charge is -2.28. The van der Waals surface area contributed by atoms with Crippen LogP contribution in [0.4, 0.5) is 8.78 Å². The molecule has 112 valence electrons. The van der Waals surface area contributed by atoms with Crippen molar-refractivity contribution in [3.05, 3.63) is 35.4 Å². The van der Waals surface area contributed by atoms with Crippen molar-refractivity contribution < 1.29 is 8.78 Å². The molecule has 2 atom stereocenters. The van der Waals surface area contributed by atoms with Gasteiger partial charge in [-0.25, -0.2) is 8.78 Å². The van der Waals surface area contributed by atoms with E-state index in [-0.39, 0.29) is 11.6 Å². The maximum Gasteiger partial charge on any atom is 0.127 e. The second-order valence-corrected chi connectivity index (χ2v) is 5.77. The molecule has 1 aromatic rings. The quantitative estimate of drug-likeness (QED) is 0.912. The van der Waals surface area contributed by atoms with Crippen LogP contribution in [0.2, 0.25) is 0 Å². The Kier molecular flexibility index (Phi) is 5.49. The molecule has 2 rings (SSSR count). The monoisotopic (exact) mass is 282 g/mol. The van der Waals surface area contributed by atoms with Gasteiger partial charge in [0.15, 0.2) is 0 Å². The molecule has 0 amide bonds. The zero-order chi connectivity index (χ0) is 14.5. The van der Waals surface area contributed by atoms with Crippen LogP contribution in [0.1, 0.15) is 32.3 Å². The summed E-state index contributed by atoms with van der Waals surface area (Å²) in [7, 11) is 0. The van der Waals surface area contributed by atoms with Gasteiger partial charge in [-0.15, -0.1) is 0 Å². The van der Waals surface area contributed by atoms with E-state index < -0.39 is 0 Å². The van der Waals surface area contributed by atoms with Gasteiger partial charge in [0.25, 0.3) is 0 Å². The Morgan fingerprint density at radius 3 is 2.95 bits per heavy atom. The molecule has 1 fully saturated rings. The van der Waals surface area contributed by atoms with E-state index in [1.54, 1.807) is 0 Å². The number of nitrogens with one attached hydrogen (secondary N) is 1. The van der Waals surface area contributed by atoms with E-state index in [2.05, 4.69) is 24.1 Å². The first-order valence-corrected chi connectivity index (χ1v) is 7.49. The van der Waals surface area contributed by atoms with Gasteiger partial charge in [0.05, 0.1) is 0 Å². The second kappa shape index (κ2) is 7.14. The fourth-order valence-electron chi connectivity index (χ4n) is 2.74. The van der Waals surface area contributed by atoms with Gasteiger partial charge in [0.1, 0.15) is 11.6 Å². The molecule has 1 heterocycles. The molecule has 0 spiro atoms. The van der Waals surface area contributed by atoms with Gasteiger partial charge < -0.3 is 5.32 Å². The molecule has 1 aromatic carbocycles. The summed E-state index contributed by atoms with van der Waals surface area (Å²) in [4.78, 5) is 2.23. The van der Waals surface area contributed by atoms with Crippen LogP contribution in [0.15, 0.2) is 18.2 Å². The van der Waals surface area contributed by atoms with Crippen LogP contribution >= 0.6 is 0 Å². The number of halogens is 2. The third-order valence-corrected chi connectivity index (χ3v) is 4.25. The predicted molar refractivity (Wildman–Crippen MR) is 77.5 cm³/mol. The smallest absolute Gasteiger partial charge is 0.127 e. The molecular formula is C16H24F2N2. The van der Waals surface area contributed by atoms with Gasteiger partial charge in [0.2, 0.25) is 0 Å². The van der Waals surface area contributed by atoms with Crippen molar-refractivity contribution in [1.29, 1.82) is 0 Å². The van der Waals surface area contributed by atoms with Gasteiger partial charge in [-0.3, -0.25) is 4.90 Å². The van der Waals surface area contributed by atoms with E-state index in [9.17, 15) is 8.78 Å². The Balaban J connectivity index is 2.05.